The topological polar surface area (TPSA) is 73.3 Å². The highest BCUT2D eigenvalue weighted by Gasteiger charge is 2.15. The molecule has 0 aliphatic carbocycles. The van der Waals surface area contributed by atoms with Gasteiger partial charge in [0.15, 0.2) is 4.34 Å². The van der Waals surface area contributed by atoms with E-state index in [0.717, 1.165) is 10.1 Å². The van der Waals surface area contributed by atoms with E-state index < -0.39 is 0 Å². The first-order valence-corrected chi connectivity index (χ1v) is 7.97. The molecule has 1 aromatic heterocycles. The van der Waals surface area contributed by atoms with Gasteiger partial charge in [0, 0.05) is 6.07 Å². The summed E-state index contributed by atoms with van der Waals surface area (Å²) in [5.41, 5.74) is 0.415. The number of thioether (sulfide) groups is 1. The Balaban J connectivity index is 2.15. The number of methoxy groups -OCH3 is 2. The predicted octanol–water partition coefficient (Wildman–Crippen LogP) is 2.92. The fourth-order valence-corrected chi connectivity index (χ4v) is 3.24. The maximum absolute atomic E-state index is 12.3. The SMILES string of the molecule is CCSc1nnc(NC(=O)c2ccc(OC)cc2OC)s1. The number of carbonyl (C=O) groups excluding carboxylic acids is 1. The predicted molar refractivity (Wildman–Crippen MR) is 83.8 cm³/mol. The lowest BCUT2D eigenvalue weighted by Gasteiger charge is -2.09. The molecule has 112 valence electrons. The molecule has 1 aromatic carbocycles. The van der Waals surface area contributed by atoms with Crippen LogP contribution in [0, 0.1) is 0 Å². The molecule has 0 saturated heterocycles. The van der Waals surface area contributed by atoms with Crippen molar-refractivity contribution >= 4 is 34.1 Å². The largest absolute Gasteiger partial charge is 0.497 e. The Bertz CT molecular complexity index is 631. The van der Waals surface area contributed by atoms with Gasteiger partial charge >= 0.3 is 0 Å². The molecular formula is C13H15N3O3S2. The summed E-state index contributed by atoms with van der Waals surface area (Å²) in [5, 5.41) is 11.1. The first-order chi connectivity index (χ1) is 10.2. The number of hydrogen-bond acceptors (Lipinski definition) is 7. The average Bonchev–Trinajstić information content (AvgIpc) is 2.94. The lowest BCUT2D eigenvalue weighted by Crippen LogP contribution is -2.13. The first kappa shape index (κ1) is 15.6. The van der Waals surface area contributed by atoms with Crippen molar-refractivity contribution < 1.29 is 14.3 Å². The molecule has 1 heterocycles. The maximum atomic E-state index is 12.3. The molecule has 0 atom stereocenters. The minimum absolute atomic E-state index is 0.293. The van der Waals surface area contributed by atoms with Crippen LogP contribution < -0.4 is 14.8 Å². The summed E-state index contributed by atoms with van der Waals surface area (Å²) in [6.45, 7) is 2.03. The number of rotatable bonds is 6. The van der Waals surface area contributed by atoms with Gasteiger partial charge in [0.05, 0.1) is 19.8 Å². The van der Waals surface area contributed by atoms with Gasteiger partial charge in [-0.25, -0.2) is 0 Å². The van der Waals surface area contributed by atoms with Gasteiger partial charge < -0.3 is 9.47 Å². The minimum atomic E-state index is -0.293. The molecule has 21 heavy (non-hydrogen) atoms. The summed E-state index contributed by atoms with van der Waals surface area (Å²) < 4.78 is 11.1. The van der Waals surface area contributed by atoms with Crippen molar-refractivity contribution in [2.45, 2.75) is 11.3 Å². The quantitative estimate of drug-likeness (QED) is 0.650. The van der Waals surface area contributed by atoms with Gasteiger partial charge in [0.25, 0.3) is 5.91 Å². The second kappa shape index (κ2) is 7.28. The number of carbonyl (C=O) groups is 1. The number of ether oxygens (including phenoxy) is 2. The van der Waals surface area contributed by atoms with Gasteiger partial charge in [-0.1, -0.05) is 30.0 Å². The average molecular weight is 325 g/mol. The second-order valence-electron chi connectivity index (χ2n) is 3.83. The third kappa shape index (κ3) is 3.85. The van der Waals surface area contributed by atoms with Gasteiger partial charge in [-0.2, -0.15) is 0 Å². The molecule has 0 radical (unpaired) electrons. The van der Waals surface area contributed by atoms with E-state index in [2.05, 4.69) is 15.5 Å². The van der Waals surface area contributed by atoms with Gasteiger partial charge in [0.2, 0.25) is 5.13 Å². The Labute approximate surface area is 130 Å². The Morgan fingerprint density at radius 3 is 2.81 bits per heavy atom. The van der Waals surface area contributed by atoms with Gasteiger partial charge in [-0.05, 0) is 17.9 Å². The zero-order valence-corrected chi connectivity index (χ0v) is 13.5. The summed E-state index contributed by atoms with van der Waals surface area (Å²) in [4.78, 5) is 12.3. The molecule has 6 nitrogen and oxygen atoms in total. The van der Waals surface area contributed by atoms with Crippen LogP contribution in [0.2, 0.25) is 0 Å². The number of aromatic nitrogens is 2. The zero-order valence-electron chi connectivity index (χ0n) is 11.9. The standard InChI is InChI=1S/C13H15N3O3S2/c1-4-20-13-16-15-12(21-13)14-11(17)9-6-5-8(18-2)7-10(9)19-3/h5-7H,4H2,1-3H3,(H,14,15,17). The molecule has 0 aliphatic rings. The summed E-state index contributed by atoms with van der Waals surface area (Å²) in [7, 11) is 3.06. The molecule has 0 unspecified atom stereocenters. The highest BCUT2D eigenvalue weighted by molar-refractivity contribution is 8.01. The van der Waals surface area contributed by atoms with Crippen LogP contribution in [0.5, 0.6) is 11.5 Å². The van der Waals surface area contributed by atoms with Gasteiger partial charge in [0.1, 0.15) is 11.5 Å². The lowest BCUT2D eigenvalue weighted by atomic mass is 10.2. The van der Waals surface area contributed by atoms with E-state index in [1.807, 2.05) is 6.92 Å². The van der Waals surface area contributed by atoms with E-state index in [1.54, 1.807) is 37.1 Å². The number of hydrogen-bond donors (Lipinski definition) is 1. The van der Waals surface area contributed by atoms with E-state index in [9.17, 15) is 4.79 Å². The van der Waals surface area contributed by atoms with E-state index in [1.165, 1.54) is 18.4 Å². The van der Waals surface area contributed by atoms with Crippen LogP contribution in [0.4, 0.5) is 5.13 Å². The molecule has 2 aromatic rings. The van der Waals surface area contributed by atoms with Crippen LogP contribution in [0.1, 0.15) is 17.3 Å². The third-order valence-electron chi connectivity index (χ3n) is 2.55. The van der Waals surface area contributed by atoms with Crippen molar-refractivity contribution in [3.8, 4) is 11.5 Å². The summed E-state index contributed by atoms with van der Waals surface area (Å²) in [6, 6.07) is 5.01. The Morgan fingerprint density at radius 1 is 1.33 bits per heavy atom. The molecule has 1 amide bonds. The van der Waals surface area contributed by atoms with Crippen LogP contribution in [0.15, 0.2) is 22.5 Å². The summed E-state index contributed by atoms with van der Waals surface area (Å²) in [5.74, 6) is 1.69. The second-order valence-corrected chi connectivity index (χ2v) is 6.32. The summed E-state index contributed by atoms with van der Waals surface area (Å²) in [6.07, 6.45) is 0. The molecular weight excluding hydrogens is 310 g/mol. The number of nitrogens with one attached hydrogen (secondary N) is 1. The highest BCUT2D eigenvalue weighted by atomic mass is 32.2. The molecule has 0 spiro atoms. The van der Waals surface area contributed by atoms with Crippen LogP contribution in [-0.4, -0.2) is 36.1 Å². The number of nitrogens with zero attached hydrogens (tertiary/aromatic N) is 2. The van der Waals surface area contributed by atoms with Crippen LogP contribution >= 0.6 is 23.1 Å². The highest BCUT2D eigenvalue weighted by Crippen LogP contribution is 2.28. The minimum Gasteiger partial charge on any atom is -0.497 e. The van der Waals surface area contributed by atoms with Crippen molar-refractivity contribution in [2.24, 2.45) is 0 Å². The zero-order chi connectivity index (χ0) is 15.2. The van der Waals surface area contributed by atoms with Crippen LogP contribution in [0.25, 0.3) is 0 Å². The van der Waals surface area contributed by atoms with E-state index in [4.69, 9.17) is 9.47 Å². The Hall–Kier alpha value is -1.80. The molecule has 0 saturated carbocycles. The first-order valence-electron chi connectivity index (χ1n) is 6.17. The number of anilines is 1. The van der Waals surface area contributed by atoms with Crippen molar-refractivity contribution in [3.05, 3.63) is 23.8 Å². The number of benzene rings is 1. The fraction of sp³-hybridized carbons (Fsp3) is 0.308. The van der Waals surface area contributed by atoms with Crippen LogP contribution in [0.3, 0.4) is 0 Å². The normalized spacial score (nSPS) is 10.2. The van der Waals surface area contributed by atoms with Crippen molar-refractivity contribution in [2.75, 3.05) is 25.3 Å². The monoisotopic (exact) mass is 325 g/mol. The molecule has 2 rings (SSSR count). The smallest absolute Gasteiger partial charge is 0.261 e. The van der Waals surface area contributed by atoms with E-state index in [-0.39, 0.29) is 5.91 Å². The fourth-order valence-electron chi connectivity index (χ4n) is 1.59. The molecule has 0 aliphatic heterocycles. The Kier molecular flexibility index (Phi) is 5.40. The van der Waals surface area contributed by atoms with Gasteiger partial charge in [-0.15, -0.1) is 10.2 Å². The molecule has 0 bridgehead atoms. The van der Waals surface area contributed by atoms with E-state index in [0.29, 0.717) is 22.2 Å². The Morgan fingerprint density at radius 2 is 2.14 bits per heavy atom. The maximum Gasteiger partial charge on any atom is 0.261 e. The number of amides is 1. The van der Waals surface area contributed by atoms with Gasteiger partial charge in [-0.3, -0.25) is 10.1 Å². The summed E-state index contributed by atoms with van der Waals surface area (Å²) >= 11 is 2.93. The van der Waals surface area contributed by atoms with Crippen LogP contribution in [-0.2, 0) is 0 Å². The third-order valence-corrected chi connectivity index (χ3v) is 4.40. The van der Waals surface area contributed by atoms with E-state index >= 15 is 0 Å². The van der Waals surface area contributed by atoms with Crippen molar-refractivity contribution in [1.29, 1.82) is 0 Å². The lowest BCUT2D eigenvalue weighted by molar-refractivity contribution is 0.102. The van der Waals surface area contributed by atoms with Crippen molar-refractivity contribution in [3.63, 3.8) is 0 Å². The van der Waals surface area contributed by atoms with Crippen molar-refractivity contribution in [1.82, 2.24) is 10.2 Å². The molecule has 8 heteroatoms. The molecule has 1 N–H and O–H groups in total. The molecule has 0 fully saturated rings.